The zero-order valence-electron chi connectivity index (χ0n) is 11.0. The van der Waals surface area contributed by atoms with Crippen LogP contribution in [-0.2, 0) is 0 Å². The minimum absolute atomic E-state index is 0.340. The minimum atomic E-state index is -2.57. The van der Waals surface area contributed by atoms with Crippen LogP contribution in [0.15, 0.2) is 30.3 Å². The van der Waals surface area contributed by atoms with Crippen molar-refractivity contribution in [1.29, 1.82) is 0 Å². The second-order valence-electron chi connectivity index (χ2n) is 4.20. The molecule has 0 saturated heterocycles. The lowest BCUT2D eigenvalue weighted by molar-refractivity contribution is 0.0893. The van der Waals surface area contributed by atoms with E-state index in [1.807, 2.05) is 13.0 Å². The summed E-state index contributed by atoms with van der Waals surface area (Å²) in [4.78, 5) is 16.4. The van der Waals surface area contributed by atoms with E-state index in [0.29, 0.717) is 28.8 Å². The number of para-hydroxylation sites is 1. The SMILES string of the molecule is CCNc1cc(C(=O)NCC(F)F)c2ccccc2n1. The molecule has 6 heteroatoms. The maximum absolute atomic E-state index is 12.2. The van der Waals surface area contributed by atoms with E-state index in [0.717, 1.165) is 0 Å². The average Bonchev–Trinajstić information content (AvgIpc) is 2.44. The molecule has 1 aromatic carbocycles. The van der Waals surface area contributed by atoms with Crippen molar-refractivity contribution in [3.05, 3.63) is 35.9 Å². The van der Waals surface area contributed by atoms with Crippen molar-refractivity contribution in [2.24, 2.45) is 0 Å². The Morgan fingerprint density at radius 3 is 2.80 bits per heavy atom. The van der Waals surface area contributed by atoms with Crippen molar-refractivity contribution >= 4 is 22.6 Å². The molecule has 106 valence electrons. The number of hydrogen-bond acceptors (Lipinski definition) is 3. The number of fused-ring (bicyclic) bond motifs is 1. The number of aromatic nitrogens is 1. The lowest BCUT2D eigenvalue weighted by atomic mass is 10.1. The van der Waals surface area contributed by atoms with Crippen LogP contribution in [0, 0.1) is 0 Å². The Morgan fingerprint density at radius 1 is 1.35 bits per heavy atom. The molecule has 2 rings (SSSR count). The third-order valence-corrected chi connectivity index (χ3v) is 2.74. The summed E-state index contributed by atoms with van der Waals surface area (Å²) in [6.45, 7) is 1.91. The molecule has 1 amide bonds. The molecule has 0 fully saturated rings. The second kappa shape index (κ2) is 6.27. The van der Waals surface area contributed by atoms with Gasteiger partial charge in [0.05, 0.1) is 17.6 Å². The van der Waals surface area contributed by atoms with Gasteiger partial charge < -0.3 is 10.6 Å². The third-order valence-electron chi connectivity index (χ3n) is 2.74. The van der Waals surface area contributed by atoms with Crippen LogP contribution in [0.5, 0.6) is 0 Å². The first-order chi connectivity index (χ1) is 9.61. The molecule has 0 aliphatic rings. The first-order valence-electron chi connectivity index (χ1n) is 6.31. The van der Waals surface area contributed by atoms with Gasteiger partial charge in [0.15, 0.2) is 0 Å². The number of pyridine rings is 1. The lowest BCUT2D eigenvalue weighted by Crippen LogP contribution is -2.28. The van der Waals surface area contributed by atoms with Crippen molar-refractivity contribution in [3.8, 4) is 0 Å². The lowest BCUT2D eigenvalue weighted by Gasteiger charge is -2.10. The number of alkyl halides is 2. The van der Waals surface area contributed by atoms with Gasteiger partial charge in [-0.05, 0) is 19.1 Å². The van der Waals surface area contributed by atoms with Gasteiger partial charge in [-0.15, -0.1) is 0 Å². The molecule has 4 nitrogen and oxygen atoms in total. The fourth-order valence-corrected chi connectivity index (χ4v) is 1.90. The highest BCUT2D eigenvalue weighted by molar-refractivity contribution is 6.06. The number of amides is 1. The van der Waals surface area contributed by atoms with Gasteiger partial charge in [-0.2, -0.15) is 0 Å². The molecule has 1 heterocycles. The molecule has 2 aromatic rings. The summed E-state index contributed by atoms with van der Waals surface area (Å²) in [6, 6.07) is 8.69. The molecular weight excluding hydrogens is 264 g/mol. The van der Waals surface area contributed by atoms with Crippen LogP contribution in [0.1, 0.15) is 17.3 Å². The van der Waals surface area contributed by atoms with E-state index in [-0.39, 0.29) is 0 Å². The first kappa shape index (κ1) is 14.2. The van der Waals surface area contributed by atoms with Crippen molar-refractivity contribution in [2.45, 2.75) is 13.3 Å². The second-order valence-corrected chi connectivity index (χ2v) is 4.20. The van der Waals surface area contributed by atoms with Gasteiger partial charge in [0.1, 0.15) is 5.82 Å². The van der Waals surface area contributed by atoms with Gasteiger partial charge in [-0.25, -0.2) is 13.8 Å². The smallest absolute Gasteiger partial charge is 0.255 e. The normalized spacial score (nSPS) is 10.8. The average molecular weight is 279 g/mol. The summed E-state index contributed by atoms with van der Waals surface area (Å²) < 4.78 is 24.4. The van der Waals surface area contributed by atoms with E-state index in [4.69, 9.17) is 0 Å². The van der Waals surface area contributed by atoms with Gasteiger partial charge in [0, 0.05) is 11.9 Å². The highest BCUT2D eigenvalue weighted by Crippen LogP contribution is 2.20. The van der Waals surface area contributed by atoms with Crippen LogP contribution in [0.3, 0.4) is 0 Å². The van der Waals surface area contributed by atoms with E-state index >= 15 is 0 Å². The Bertz CT molecular complexity index is 616. The number of halogens is 2. The Labute approximate surface area is 115 Å². The third kappa shape index (κ3) is 3.20. The Morgan fingerprint density at radius 2 is 2.10 bits per heavy atom. The maximum Gasteiger partial charge on any atom is 0.255 e. The summed E-state index contributed by atoms with van der Waals surface area (Å²) in [6.07, 6.45) is -2.57. The number of nitrogens with one attached hydrogen (secondary N) is 2. The van der Waals surface area contributed by atoms with Crippen molar-refractivity contribution in [3.63, 3.8) is 0 Å². The number of anilines is 1. The number of carbonyl (C=O) groups is 1. The predicted molar refractivity (Wildman–Crippen MR) is 74.2 cm³/mol. The largest absolute Gasteiger partial charge is 0.370 e. The predicted octanol–water partition coefficient (Wildman–Crippen LogP) is 2.66. The van der Waals surface area contributed by atoms with Crippen LogP contribution < -0.4 is 10.6 Å². The van der Waals surface area contributed by atoms with E-state index in [1.165, 1.54) is 0 Å². The van der Waals surface area contributed by atoms with Crippen LogP contribution >= 0.6 is 0 Å². The number of benzene rings is 1. The summed E-state index contributed by atoms with van der Waals surface area (Å²) >= 11 is 0. The summed E-state index contributed by atoms with van der Waals surface area (Å²) in [5, 5.41) is 5.88. The van der Waals surface area contributed by atoms with Crippen molar-refractivity contribution < 1.29 is 13.6 Å². The highest BCUT2D eigenvalue weighted by atomic mass is 19.3. The molecular formula is C14H15F2N3O. The monoisotopic (exact) mass is 279 g/mol. The Balaban J connectivity index is 2.41. The van der Waals surface area contributed by atoms with Gasteiger partial charge >= 0.3 is 0 Å². The molecule has 0 unspecified atom stereocenters. The fourth-order valence-electron chi connectivity index (χ4n) is 1.90. The molecule has 0 spiro atoms. The van der Waals surface area contributed by atoms with E-state index in [1.54, 1.807) is 24.3 Å². The van der Waals surface area contributed by atoms with E-state index < -0.39 is 18.9 Å². The zero-order valence-corrected chi connectivity index (χ0v) is 11.0. The van der Waals surface area contributed by atoms with Crippen LogP contribution in [0.2, 0.25) is 0 Å². The molecule has 0 radical (unpaired) electrons. The number of rotatable bonds is 5. The molecule has 0 atom stereocenters. The van der Waals surface area contributed by atoms with Crippen molar-refractivity contribution in [2.75, 3.05) is 18.4 Å². The summed E-state index contributed by atoms with van der Waals surface area (Å²) in [5.74, 6) is 0.0245. The Kier molecular flexibility index (Phi) is 4.45. The van der Waals surface area contributed by atoms with E-state index in [2.05, 4.69) is 15.6 Å². The molecule has 0 saturated carbocycles. The molecule has 0 aliphatic carbocycles. The fraction of sp³-hybridized carbons (Fsp3) is 0.286. The molecule has 0 bridgehead atoms. The Hall–Kier alpha value is -2.24. The van der Waals surface area contributed by atoms with Crippen molar-refractivity contribution in [1.82, 2.24) is 10.3 Å². The highest BCUT2D eigenvalue weighted by Gasteiger charge is 2.14. The summed E-state index contributed by atoms with van der Waals surface area (Å²) in [5.41, 5.74) is 0.986. The van der Waals surface area contributed by atoms with Gasteiger partial charge in [0.25, 0.3) is 12.3 Å². The molecule has 1 aromatic heterocycles. The molecule has 20 heavy (non-hydrogen) atoms. The van der Waals surface area contributed by atoms with E-state index in [9.17, 15) is 13.6 Å². The first-order valence-corrected chi connectivity index (χ1v) is 6.31. The topological polar surface area (TPSA) is 54.0 Å². The van der Waals surface area contributed by atoms with Gasteiger partial charge in [0.2, 0.25) is 0 Å². The number of carbonyl (C=O) groups excluding carboxylic acids is 1. The number of nitrogens with zero attached hydrogens (tertiary/aromatic N) is 1. The van der Waals surface area contributed by atoms with Crippen LogP contribution in [0.25, 0.3) is 10.9 Å². The van der Waals surface area contributed by atoms with Gasteiger partial charge in [-0.3, -0.25) is 4.79 Å². The standard InChI is InChI=1S/C14H15F2N3O/c1-2-17-13-7-10(14(20)18-8-12(15)16)9-5-3-4-6-11(9)19-13/h3-7,12H,2,8H2,1H3,(H,17,19)(H,18,20). The van der Waals surface area contributed by atoms with Crippen LogP contribution in [0.4, 0.5) is 14.6 Å². The zero-order chi connectivity index (χ0) is 14.5. The van der Waals surface area contributed by atoms with Gasteiger partial charge in [-0.1, -0.05) is 18.2 Å². The molecule has 2 N–H and O–H groups in total. The maximum atomic E-state index is 12.2. The molecule has 0 aliphatic heterocycles. The number of hydrogen-bond donors (Lipinski definition) is 2. The summed E-state index contributed by atoms with van der Waals surface area (Å²) in [7, 11) is 0. The quantitative estimate of drug-likeness (QED) is 0.884. The minimum Gasteiger partial charge on any atom is -0.370 e. The van der Waals surface area contributed by atoms with Crippen LogP contribution in [-0.4, -0.2) is 30.4 Å².